The molecule has 1 heterocycles. The van der Waals surface area contributed by atoms with Crippen LogP contribution in [0.2, 0.25) is 0 Å². The van der Waals surface area contributed by atoms with E-state index in [1.807, 2.05) is 25.1 Å². The van der Waals surface area contributed by atoms with Crippen LogP contribution in [0.4, 0.5) is 5.69 Å². The minimum Gasteiger partial charge on any atom is -0.345 e. The van der Waals surface area contributed by atoms with Gasteiger partial charge in [0.25, 0.3) is 0 Å². The first-order valence-corrected chi connectivity index (χ1v) is 5.23. The molecule has 0 aliphatic carbocycles. The van der Waals surface area contributed by atoms with E-state index in [1.165, 1.54) is 0 Å². The third-order valence-electron chi connectivity index (χ3n) is 2.24. The fourth-order valence-corrected chi connectivity index (χ4v) is 1.46. The minimum atomic E-state index is -0.0410. The third kappa shape index (κ3) is 2.38. The van der Waals surface area contributed by atoms with Crippen LogP contribution in [-0.2, 0) is 4.79 Å². The molecule has 3 N–H and O–H groups in total. The van der Waals surface area contributed by atoms with Crippen LogP contribution in [0.3, 0.4) is 0 Å². The molecule has 1 aromatic heterocycles. The van der Waals surface area contributed by atoms with Crippen LogP contribution in [0.1, 0.15) is 6.92 Å². The van der Waals surface area contributed by atoms with Gasteiger partial charge >= 0.3 is 0 Å². The number of amides is 1. The average molecular weight is 218 g/mol. The fraction of sp³-hybridized carbons (Fsp3) is 0.273. The topological polar surface area (TPSA) is 69.8 Å². The van der Waals surface area contributed by atoms with Crippen molar-refractivity contribution in [3.8, 4) is 0 Å². The monoisotopic (exact) mass is 218 g/mol. The predicted octanol–water partition coefficient (Wildman–Crippen LogP) is 1.11. The highest BCUT2D eigenvalue weighted by Crippen LogP contribution is 2.15. The molecule has 5 heteroatoms. The Morgan fingerprint density at radius 2 is 2.38 bits per heavy atom. The molecular weight excluding hydrogens is 204 g/mol. The summed E-state index contributed by atoms with van der Waals surface area (Å²) in [6, 6.07) is 5.58. The van der Waals surface area contributed by atoms with Crippen LogP contribution >= 0.6 is 0 Å². The second kappa shape index (κ2) is 4.76. The Bertz CT molecular complexity index is 491. The molecule has 0 unspecified atom stereocenters. The van der Waals surface area contributed by atoms with Crippen molar-refractivity contribution in [1.29, 1.82) is 0 Å². The number of anilines is 1. The zero-order valence-electron chi connectivity index (χ0n) is 9.08. The molecule has 0 saturated heterocycles. The van der Waals surface area contributed by atoms with Crippen LogP contribution in [0, 0.1) is 0 Å². The highest BCUT2D eigenvalue weighted by Gasteiger charge is 2.02. The van der Waals surface area contributed by atoms with Crippen LogP contribution in [0.25, 0.3) is 11.0 Å². The smallest absolute Gasteiger partial charge is 0.238 e. The Labute approximate surface area is 93.3 Å². The molecule has 2 aromatic rings. The van der Waals surface area contributed by atoms with Gasteiger partial charge in [-0.25, -0.2) is 4.98 Å². The van der Waals surface area contributed by atoms with Gasteiger partial charge < -0.3 is 15.6 Å². The SMILES string of the molecule is CCNCC(=O)Nc1ccc2nc[nH]c2c1. The average Bonchev–Trinajstić information content (AvgIpc) is 2.73. The highest BCUT2D eigenvalue weighted by atomic mass is 16.1. The second-order valence-electron chi connectivity index (χ2n) is 3.46. The second-order valence-corrected chi connectivity index (χ2v) is 3.46. The third-order valence-corrected chi connectivity index (χ3v) is 2.24. The number of hydrogen-bond acceptors (Lipinski definition) is 3. The molecule has 5 nitrogen and oxygen atoms in total. The molecule has 0 saturated carbocycles. The standard InChI is InChI=1S/C11H14N4O/c1-2-12-6-11(16)15-8-3-4-9-10(5-8)14-7-13-9/h3-5,7,12H,2,6H2,1H3,(H,13,14)(H,15,16). The number of carbonyl (C=O) groups excluding carboxylic acids is 1. The first-order chi connectivity index (χ1) is 7.79. The summed E-state index contributed by atoms with van der Waals surface area (Å²) >= 11 is 0. The molecular formula is C11H14N4O. The van der Waals surface area contributed by atoms with Crippen LogP contribution in [0.5, 0.6) is 0 Å². The summed E-state index contributed by atoms with van der Waals surface area (Å²) in [4.78, 5) is 18.6. The minimum absolute atomic E-state index is 0.0410. The quantitative estimate of drug-likeness (QED) is 0.720. The molecule has 0 atom stereocenters. The molecule has 2 rings (SSSR count). The van der Waals surface area contributed by atoms with Gasteiger partial charge in [-0.1, -0.05) is 6.92 Å². The van der Waals surface area contributed by atoms with Crippen LogP contribution < -0.4 is 10.6 Å². The zero-order valence-corrected chi connectivity index (χ0v) is 9.08. The van der Waals surface area contributed by atoms with E-state index in [9.17, 15) is 4.79 Å². The van der Waals surface area contributed by atoms with Crippen molar-refractivity contribution in [3.63, 3.8) is 0 Å². The molecule has 0 fully saturated rings. The number of hydrogen-bond donors (Lipinski definition) is 3. The maximum absolute atomic E-state index is 11.4. The number of fused-ring (bicyclic) bond motifs is 1. The molecule has 16 heavy (non-hydrogen) atoms. The van der Waals surface area contributed by atoms with Crippen LogP contribution in [-0.4, -0.2) is 29.0 Å². The predicted molar refractivity (Wildman–Crippen MR) is 63.3 cm³/mol. The summed E-state index contributed by atoms with van der Waals surface area (Å²) in [7, 11) is 0. The lowest BCUT2D eigenvalue weighted by Gasteiger charge is -2.05. The largest absolute Gasteiger partial charge is 0.345 e. The molecule has 0 spiro atoms. The van der Waals surface area contributed by atoms with Gasteiger partial charge in [0.2, 0.25) is 5.91 Å². The molecule has 1 aromatic carbocycles. The van der Waals surface area contributed by atoms with Crippen molar-refractivity contribution in [1.82, 2.24) is 15.3 Å². The number of benzene rings is 1. The highest BCUT2D eigenvalue weighted by molar-refractivity contribution is 5.94. The lowest BCUT2D eigenvalue weighted by atomic mass is 10.2. The van der Waals surface area contributed by atoms with Gasteiger partial charge in [-0.15, -0.1) is 0 Å². The fourth-order valence-electron chi connectivity index (χ4n) is 1.46. The zero-order chi connectivity index (χ0) is 11.4. The van der Waals surface area contributed by atoms with Crippen molar-refractivity contribution in [3.05, 3.63) is 24.5 Å². The Morgan fingerprint density at radius 1 is 1.50 bits per heavy atom. The van der Waals surface area contributed by atoms with Gasteiger partial charge in [0.05, 0.1) is 23.9 Å². The molecule has 0 radical (unpaired) electrons. The van der Waals surface area contributed by atoms with Gasteiger partial charge in [-0.3, -0.25) is 4.79 Å². The van der Waals surface area contributed by atoms with Crippen molar-refractivity contribution >= 4 is 22.6 Å². The summed E-state index contributed by atoms with van der Waals surface area (Å²) in [5.74, 6) is -0.0410. The first-order valence-electron chi connectivity index (χ1n) is 5.23. The number of nitrogens with one attached hydrogen (secondary N) is 3. The van der Waals surface area contributed by atoms with E-state index in [1.54, 1.807) is 6.33 Å². The Hall–Kier alpha value is -1.88. The van der Waals surface area contributed by atoms with Gasteiger partial charge in [0.15, 0.2) is 0 Å². The van der Waals surface area contributed by atoms with E-state index in [4.69, 9.17) is 0 Å². The van der Waals surface area contributed by atoms with Gasteiger partial charge in [0, 0.05) is 5.69 Å². The first kappa shape index (κ1) is 10.6. The number of aromatic nitrogens is 2. The summed E-state index contributed by atoms with van der Waals surface area (Å²) in [5, 5.41) is 5.78. The van der Waals surface area contributed by atoms with E-state index in [0.29, 0.717) is 6.54 Å². The Balaban J connectivity index is 2.06. The molecule has 84 valence electrons. The maximum atomic E-state index is 11.4. The summed E-state index contributed by atoms with van der Waals surface area (Å²) in [5.41, 5.74) is 2.59. The summed E-state index contributed by atoms with van der Waals surface area (Å²) < 4.78 is 0. The molecule has 0 aliphatic rings. The van der Waals surface area contributed by atoms with E-state index < -0.39 is 0 Å². The van der Waals surface area contributed by atoms with Gasteiger partial charge in [0.1, 0.15) is 0 Å². The van der Waals surface area contributed by atoms with Crippen molar-refractivity contribution in [2.24, 2.45) is 0 Å². The number of likely N-dealkylation sites (N-methyl/N-ethyl adjacent to an activating group) is 1. The lowest BCUT2D eigenvalue weighted by Crippen LogP contribution is -2.27. The van der Waals surface area contributed by atoms with Crippen LogP contribution in [0.15, 0.2) is 24.5 Å². The number of H-pyrrole nitrogens is 1. The van der Waals surface area contributed by atoms with Crippen molar-refractivity contribution < 1.29 is 4.79 Å². The van der Waals surface area contributed by atoms with Gasteiger partial charge in [-0.2, -0.15) is 0 Å². The normalized spacial score (nSPS) is 10.6. The molecule has 1 amide bonds. The molecule has 0 bridgehead atoms. The van der Waals surface area contributed by atoms with E-state index in [0.717, 1.165) is 23.3 Å². The number of imidazole rings is 1. The van der Waals surface area contributed by atoms with E-state index >= 15 is 0 Å². The Kier molecular flexibility index (Phi) is 3.16. The summed E-state index contributed by atoms with van der Waals surface area (Å²) in [6.07, 6.45) is 1.63. The number of rotatable bonds is 4. The summed E-state index contributed by atoms with van der Waals surface area (Å²) in [6.45, 7) is 3.08. The van der Waals surface area contributed by atoms with Gasteiger partial charge in [-0.05, 0) is 24.7 Å². The number of aromatic amines is 1. The maximum Gasteiger partial charge on any atom is 0.238 e. The van der Waals surface area contributed by atoms with Crippen molar-refractivity contribution in [2.75, 3.05) is 18.4 Å². The molecule has 0 aliphatic heterocycles. The number of nitrogens with zero attached hydrogens (tertiary/aromatic N) is 1. The van der Waals surface area contributed by atoms with E-state index in [2.05, 4.69) is 20.6 Å². The van der Waals surface area contributed by atoms with E-state index in [-0.39, 0.29) is 5.91 Å². The number of carbonyl (C=O) groups is 1. The Morgan fingerprint density at radius 3 is 3.19 bits per heavy atom. The lowest BCUT2D eigenvalue weighted by molar-refractivity contribution is -0.115. The van der Waals surface area contributed by atoms with Crippen molar-refractivity contribution in [2.45, 2.75) is 6.92 Å².